The molecule has 1 aliphatic rings. The summed E-state index contributed by atoms with van der Waals surface area (Å²) in [7, 11) is 0. The molecule has 0 aromatic carbocycles. The van der Waals surface area contributed by atoms with Gasteiger partial charge >= 0.3 is 0 Å². The largest absolute Gasteiger partial charge is 0.317 e. The lowest BCUT2D eigenvalue weighted by atomic mass is 10.1. The van der Waals surface area contributed by atoms with Gasteiger partial charge in [-0.2, -0.15) is 0 Å². The molecule has 1 aliphatic carbocycles. The minimum absolute atomic E-state index is 0.634. The molecule has 1 saturated carbocycles. The molecule has 1 fully saturated rings. The predicted octanol–water partition coefficient (Wildman–Crippen LogP) is 2.50. The molecule has 0 spiro atoms. The maximum atomic E-state index is 5.45. The molecule has 0 heterocycles. The van der Waals surface area contributed by atoms with Crippen LogP contribution < -0.4 is 5.32 Å². The zero-order valence-electron chi connectivity index (χ0n) is 11.5. The Morgan fingerprint density at radius 1 is 1.41 bits per heavy atom. The summed E-state index contributed by atoms with van der Waals surface area (Å²) in [5.41, 5.74) is 0. The molecule has 0 aromatic rings. The van der Waals surface area contributed by atoms with Crippen LogP contribution in [0.5, 0.6) is 0 Å². The summed E-state index contributed by atoms with van der Waals surface area (Å²) in [5, 5.41) is 3.46. The van der Waals surface area contributed by atoms with Crippen LogP contribution >= 0.6 is 0 Å². The van der Waals surface area contributed by atoms with Gasteiger partial charge in [0.1, 0.15) is 0 Å². The molecule has 1 rings (SSSR count). The Hall–Kier alpha value is -0.520. The van der Waals surface area contributed by atoms with E-state index in [0.717, 1.165) is 25.6 Å². The van der Waals surface area contributed by atoms with Crippen LogP contribution in [0.1, 0.15) is 46.0 Å². The lowest BCUT2D eigenvalue weighted by molar-refractivity contribution is 0.212. The average molecular weight is 236 g/mol. The zero-order chi connectivity index (χ0) is 12.5. The Balaban J connectivity index is 2.12. The second-order valence-corrected chi connectivity index (χ2v) is 5.32. The van der Waals surface area contributed by atoms with Crippen molar-refractivity contribution >= 4 is 0 Å². The van der Waals surface area contributed by atoms with Gasteiger partial charge < -0.3 is 5.32 Å². The van der Waals surface area contributed by atoms with Gasteiger partial charge in [0, 0.05) is 12.6 Å². The molecular formula is C15H28N2. The Kier molecular flexibility index (Phi) is 7.32. The maximum absolute atomic E-state index is 5.45. The van der Waals surface area contributed by atoms with Gasteiger partial charge in [-0.05, 0) is 58.0 Å². The molecule has 98 valence electrons. The number of terminal acetylenes is 1. The van der Waals surface area contributed by atoms with Crippen molar-refractivity contribution in [2.45, 2.75) is 52.0 Å². The van der Waals surface area contributed by atoms with Crippen molar-refractivity contribution < 1.29 is 0 Å². The van der Waals surface area contributed by atoms with E-state index in [1.54, 1.807) is 0 Å². The second-order valence-electron chi connectivity index (χ2n) is 5.32. The van der Waals surface area contributed by atoms with Crippen molar-refractivity contribution in [3.05, 3.63) is 0 Å². The summed E-state index contributed by atoms with van der Waals surface area (Å²) in [6.45, 7) is 8.85. The third kappa shape index (κ3) is 6.71. The van der Waals surface area contributed by atoms with Crippen LogP contribution in [0.2, 0.25) is 0 Å². The van der Waals surface area contributed by atoms with E-state index in [1.165, 1.54) is 38.6 Å². The number of nitrogens with zero attached hydrogens (tertiary/aromatic N) is 1. The molecule has 0 radical (unpaired) electrons. The first-order valence-corrected chi connectivity index (χ1v) is 7.16. The maximum Gasteiger partial charge on any atom is 0.0601 e. The van der Waals surface area contributed by atoms with Crippen LogP contribution in [0, 0.1) is 18.3 Å². The Morgan fingerprint density at radius 3 is 2.76 bits per heavy atom. The van der Waals surface area contributed by atoms with Crippen LogP contribution in [0.4, 0.5) is 0 Å². The van der Waals surface area contributed by atoms with Crippen LogP contribution in [0.3, 0.4) is 0 Å². The van der Waals surface area contributed by atoms with Crippen molar-refractivity contribution in [1.29, 1.82) is 0 Å². The fourth-order valence-corrected chi connectivity index (χ4v) is 2.16. The van der Waals surface area contributed by atoms with Gasteiger partial charge in [-0.3, -0.25) is 4.90 Å². The molecule has 1 atom stereocenters. The van der Waals surface area contributed by atoms with Gasteiger partial charge in [-0.1, -0.05) is 12.8 Å². The standard InChI is InChI=1S/C15H28N2/c1-4-10-16-11-6-7-14(3)17(12-5-2)13-15-8-9-15/h2,14-16H,4,6-13H2,1,3H3. The topological polar surface area (TPSA) is 15.3 Å². The normalized spacial score (nSPS) is 17.1. The first-order chi connectivity index (χ1) is 8.27. The van der Waals surface area contributed by atoms with Gasteiger partial charge in [-0.25, -0.2) is 0 Å². The first kappa shape index (κ1) is 14.5. The molecule has 0 saturated heterocycles. The quantitative estimate of drug-likeness (QED) is 0.463. The minimum Gasteiger partial charge on any atom is -0.317 e. The molecule has 0 bridgehead atoms. The third-order valence-corrected chi connectivity index (χ3v) is 3.51. The van der Waals surface area contributed by atoms with Gasteiger partial charge in [0.05, 0.1) is 6.54 Å². The predicted molar refractivity (Wildman–Crippen MR) is 75.0 cm³/mol. The smallest absolute Gasteiger partial charge is 0.0601 e. The Bertz CT molecular complexity index is 228. The van der Waals surface area contributed by atoms with E-state index in [1.807, 2.05) is 0 Å². The average Bonchev–Trinajstić information content (AvgIpc) is 3.12. The molecule has 0 amide bonds. The molecule has 2 heteroatoms. The van der Waals surface area contributed by atoms with Gasteiger partial charge in [-0.15, -0.1) is 6.42 Å². The molecule has 0 aromatic heterocycles. The van der Waals surface area contributed by atoms with E-state index in [4.69, 9.17) is 6.42 Å². The van der Waals surface area contributed by atoms with Crippen LogP contribution in [-0.2, 0) is 0 Å². The van der Waals surface area contributed by atoms with E-state index in [0.29, 0.717) is 6.04 Å². The minimum atomic E-state index is 0.634. The summed E-state index contributed by atoms with van der Waals surface area (Å²) >= 11 is 0. The van der Waals surface area contributed by atoms with Crippen molar-refractivity contribution in [3.63, 3.8) is 0 Å². The van der Waals surface area contributed by atoms with Gasteiger partial charge in [0.15, 0.2) is 0 Å². The van der Waals surface area contributed by atoms with Crippen molar-refractivity contribution in [3.8, 4) is 12.3 Å². The summed E-state index contributed by atoms with van der Waals surface area (Å²) in [6, 6.07) is 0.634. The van der Waals surface area contributed by atoms with Gasteiger partial charge in [0.25, 0.3) is 0 Å². The van der Waals surface area contributed by atoms with Gasteiger partial charge in [0.2, 0.25) is 0 Å². The van der Waals surface area contributed by atoms with E-state index < -0.39 is 0 Å². The fraction of sp³-hybridized carbons (Fsp3) is 0.867. The summed E-state index contributed by atoms with van der Waals surface area (Å²) in [6.07, 6.45) is 12.0. The fourth-order valence-electron chi connectivity index (χ4n) is 2.16. The highest BCUT2D eigenvalue weighted by atomic mass is 15.1. The zero-order valence-corrected chi connectivity index (χ0v) is 11.5. The highest BCUT2D eigenvalue weighted by Crippen LogP contribution is 2.30. The Labute approximate surface area is 107 Å². The molecule has 1 unspecified atom stereocenters. The van der Waals surface area contributed by atoms with E-state index in [9.17, 15) is 0 Å². The van der Waals surface area contributed by atoms with E-state index >= 15 is 0 Å². The summed E-state index contributed by atoms with van der Waals surface area (Å²) < 4.78 is 0. The number of rotatable bonds is 10. The molecule has 17 heavy (non-hydrogen) atoms. The summed E-state index contributed by atoms with van der Waals surface area (Å²) in [5.74, 6) is 3.74. The molecule has 2 nitrogen and oxygen atoms in total. The highest BCUT2D eigenvalue weighted by molar-refractivity contribution is 4.91. The van der Waals surface area contributed by atoms with Crippen molar-refractivity contribution in [2.75, 3.05) is 26.2 Å². The first-order valence-electron chi connectivity index (χ1n) is 7.16. The molecule has 0 aliphatic heterocycles. The van der Waals surface area contributed by atoms with E-state index in [2.05, 4.69) is 30.0 Å². The molecule has 1 N–H and O–H groups in total. The number of hydrogen-bond acceptors (Lipinski definition) is 2. The number of nitrogens with one attached hydrogen (secondary N) is 1. The lowest BCUT2D eigenvalue weighted by Gasteiger charge is -2.27. The van der Waals surface area contributed by atoms with Crippen molar-refractivity contribution in [1.82, 2.24) is 10.2 Å². The second kappa shape index (κ2) is 8.55. The SMILES string of the molecule is C#CCN(CC1CC1)C(C)CCCNCCC. The molecular weight excluding hydrogens is 208 g/mol. The number of hydrogen-bond donors (Lipinski definition) is 1. The Morgan fingerprint density at radius 2 is 2.18 bits per heavy atom. The lowest BCUT2D eigenvalue weighted by Crippen LogP contribution is -2.35. The van der Waals surface area contributed by atoms with Crippen LogP contribution in [0.25, 0.3) is 0 Å². The van der Waals surface area contributed by atoms with Crippen LogP contribution in [0.15, 0.2) is 0 Å². The van der Waals surface area contributed by atoms with Crippen LogP contribution in [-0.4, -0.2) is 37.1 Å². The third-order valence-electron chi connectivity index (χ3n) is 3.51. The van der Waals surface area contributed by atoms with E-state index in [-0.39, 0.29) is 0 Å². The monoisotopic (exact) mass is 236 g/mol. The highest BCUT2D eigenvalue weighted by Gasteiger charge is 2.25. The van der Waals surface area contributed by atoms with Crippen molar-refractivity contribution in [2.24, 2.45) is 5.92 Å². The summed E-state index contributed by atoms with van der Waals surface area (Å²) in [4.78, 5) is 2.48.